The minimum atomic E-state index is -0.978. The van der Waals surface area contributed by atoms with Crippen LogP contribution < -0.4 is 11.1 Å². The number of carbonyl (C=O) groups excluding carboxylic acids is 3. The van der Waals surface area contributed by atoms with Crippen LogP contribution in [-0.4, -0.2) is 66.3 Å². The number of hydrogen-bond donors (Lipinski definition) is 2. The number of benzene rings is 1. The molecule has 1 amide bonds. The van der Waals surface area contributed by atoms with Gasteiger partial charge in [0.05, 0.1) is 35.0 Å². The molecule has 0 aromatic heterocycles. The molecule has 5 atom stereocenters. The van der Waals surface area contributed by atoms with Crippen LogP contribution in [0, 0.1) is 18.8 Å². The molecule has 5 unspecified atom stereocenters. The van der Waals surface area contributed by atoms with Gasteiger partial charge in [0.1, 0.15) is 6.61 Å². The Kier molecular flexibility index (Phi) is 4.32. The Morgan fingerprint density at radius 2 is 2.16 bits per heavy atom. The van der Waals surface area contributed by atoms with Crippen LogP contribution in [0.4, 0.5) is 10.5 Å². The zero-order valence-corrected chi connectivity index (χ0v) is 17.5. The first-order valence-electron chi connectivity index (χ1n) is 10.3. The first-order chi connectivity index (χ1) is 14.8. The smallest absolute Gasteiger partial charge is 0.404 e. The van der Waals surface area contributed by atoms with Gasteiger partial charge in [0, 0.05) is 25.3 Å². The van der Waals surface area contributed by atoms with E-state index in [1.807, 2.05) is 30.0 Å². The second-order valence-electron chi connectivity index (χ2n) is 8.51. The Labute approximate surface area is 179 Å². The zero-order chi connectivity index (χ0) is 22.1. The van der Waals surface area contributed by atoms with E-state index in [9.17, 15) is 14.4 Å². The minimum absolute atomic E-state index is 0.0716. The highest BCUT2D eigenvalue weighted by molar-refractivity contribution is 6.53. The number of piperazine rings is 1. The zero-order valence-electron chi connectivity index (χ0n) is 17.5. The molecule has 1 aromatic rings. The van der Waals surface area contributed by atoms with Crippen molar-refractivity contribution in [2.75, 3.05) is 20.3 Å². The number of ether oxygens (including phenoxy) is 2. The van der Waals surface area contributed by atoms with Gasteiger partial charge < -0.3 is 25.4 Å². The van der Waals surface area contributed by atoms with Crippen LogP contribution in [-0.2, 0) is 19.1 Å². The number of nitrogens with zero attached hydrogens (tertiary/aromatic N) is 2. The van der Waals surface area contributed by atoms with E-state index in [0.29, 0.717) is 23.5 Å². The quantitative estimate of drug-likeness (QED) is 0.684. The summed E-state index contributed by atoms with van der Waals surface area (Å²) >= 11 is 0. The maximum absolute atomic E-state index is 13.7. The predicted molar refractivity (Wildman–Crippen MR) is 111 cm³/mol. The molecule has 1 aliphatic carbocycles. The molecule has 3 aliphatic heterocycles. The fraction of sp³-hybridized carbons (Fsp3) is 0.455. The molecule has 0 radical (unpaired) electrons. The van der Waals surface area contributed by atoms with Gasteiger partial charge in [-0.3, -0.25) is 9.59 Å². The topological polar surface area (TPSA) is 133 Å². The number of primary amides is 1. The first-order valence-corrected chi connectivity index (χ1v) is 10.3. The van der Waals surface area contributed by atoms with E-state index in [-0.39, 0.29) is 36.0 Å². The number of methoxy groups -OCH3 is 1. The largest absolute Gasteiger partial charge is 0.449 e. The molecule has 9 nitrogen and oxygen atoms in total. The van der Waals surface area contributed by atoms with Crippen LogP contribution in [0.5, 0.6) is 0 Å². The van der Waals surface area contributed by atoms with Crippen molar-refractivity contribution in [3.63, 3.8) is 0 Å². The number of nitrogens with two attached hydrogens (primary N) is 1. The van der Waals surface area contributed by atoms with Gasteiger partial charge >= 0.3 is 6.09 Å². The number of fused-ring (bicyclic) bond motifs is 4. The Hall–Kier alpha value is -3.04. The lowest BCUT2D eigenvalue weighted by Crippen LogP contribution is -2.55. The van der Waals surface area contributed by atoms with Gasteiger partial charge in [-0.1, -0.05) is 12.1 Å². The SMILES string of the molecule is COC12C(COC(N)=O)C3=C(C(=O)C(C)C(=Nc4cccc(C)c4)C3=O)N1CC1NC12. The molecule has 5 rings (SSSR count). The van der Waals surface area contributed by atoms with Crippen LogP contribution in [0.1, 0.15) is 12.5 Å². The van der Waals surface area contributed by atoms with E-state index < -0.39 is 23.7 Å². The molecule has 0 bridgehead atoms. The summed E-state index contributed by atoms with van der Waals surface area (Å²) in [6.07, 6.45) is -0.943. The number of ketones is 2. The third-order valence-corrected chi connectivity index (χ3v) is 6.79. The molecule has 3 heterocycles. The Bertz CT molecular complexity index is 1080. The third kappa shape index (κ3) is 2.69. The summed E-state index contributed by atoms with van der Waals surface area (Å²) in [7, 11) is 1.55. The number of amides is 1. The summed E-state index contributed by atoms with van der Waals surface area (Å²) in [6.45, 7) is 4.02. The molecule has 4 aliphatic rings. The van der Waals surface area contributed by atoms with Gasteiger partial charge in [0.15, 0.2) is 11.5 Å². The lowest BCUT2D eigenvalue weighted by molar-refractivity contribution is -0.138. The number of rotatable bonds is 4. The van der Waals surface area contributed by atoms with Crippen molar-refractivity contribution in [3.05, 3.63) is 41.1 Å². The molecule has 162 valence electrons. The predicted octanol–water partition coefficient (Wildman–Crippen LogP) is 0.833. The summed E-state index contributed by atoms with van der Waals surface area (Å²) in [5.41, 5.74) is 6.69. The average Bonchev–Trinajstić information content (AvgIpc) is 3.34. The molecule has 2 fully saturated rings. The molecule has 31 heavy (non-hydrogen) atoms. The highest BCUT2D eigenvalue weighted by Crippen LogP contribution is 2.55. The van der Waals surface area contributed by atoms with Gasteiger partial charge in [-0.2, -0.15) is 0 Å². The molecular weight excluding hydrogens is 400 g/mol. The minimum Gasteiger partial charge on any atom is -0.449 e. The Morgan fingerprint density at radius 3 is 2.84 bits per heavy atom. The van der Waals surface area contributed by atoms with E-state index in [2.05, 4.69) is 10.3 Å². The standard InChI is InChI=1S/C22H24N4O5/c1-10-5-4-6-12(7-10)24-16-11(2)18(27)17-15(19(16)28)13(9-31-21(23)29)22(30-3)20-14(25-20)8-26(17)22/h4-7,11,13-14,20,25H,8-9H2,1-3H3,(H2,23,29). The van der Waals surface area contributed by atoms with Gasteiger partial charge in [-0.15, -0.1) is 0 Å². The van der Waals surface area contributed by atoms with Crippen molar-refractivity contribution in [3.8, 4) is 0 Å². The number of Topliss-reactive ketones (excluding diaryl/α,β-unsaturated/α-hetero) is 2. The molecular formula is C22H24N4O5. The number of nitrogens with one attached hydrogen (secondary N) is 1. The van der Waals surface area contributed by atoms with E-state index in [1.54, 1.807) is 20.1 Å². The van der Waals surface area contributed by atoms with Crippen LogP contribution >= 0.6 is 0 Å². The second-order valence-corrected chi connectivity index (χ2v) is 8.51. The fourth-order valence-corrected chi connectivity index (χ4v) is 5.36. The van der Waals surface area contributed by atoms with Crippen LogP contribution in [0.25, 0.3) is 0 Å². The van der Waals surface area contributed by atoms with E-state index in [1.165, 1.54) is 0 Å². The average molecular weight is 424 g/mol. The van der Waals surface area contributed by atoms with Crippen molar-refractivity contribution >= 4 is 29.1 Å². The monoisotopic (exact) mass is 424 g/mol. The lowest BCUT2D eigenvalue weighted by atomic mass is 9.78. The number of aryl methyl sites for hydroxylation is 1. The number of carbonyl (C=O) groups is 3. The normalized spacial score (nSPS) is 34.7. The van der Waals surface area contributed by atoms with Crippen LogP contribution in [0.2, 0.25) is 0 Å². The molecule has 1 aromatic carbocycles. The fourth-order valence-electron chi connectivity index (χ4n) is 5.36. The number of allylic oxidation sites excluding steroid dienone is 1. The van der Waals surface area contributed by atoms with Gasteiger partial charge in [0.25, 0.3) is 0 Å². The number of hydrogen-bond acceptors (Lipinski definition) is 8. The maximum atomic E-state index is 13.7. The van der Waals surface area contributed by atoms with Crippen LogP contribution in [0.3, 0.4) is 0 Å². The Morgan fingerprint density at radius 1 is 1.39 bits per heavy atom. The van der Waals surface area contributed by atoms with Crippen molar-refractivity contribution < 1.29 is 23.9 Å². The van der Waals surface area contributed by atoms with E-state index in [4.69, 9.17) is 15.2 Å². The summed E-state index contributed by atoms with van der Waals surface area (Å²) in [5, 5.41) is 3.34. The van der Waals surface area contributed by atoms with E-state index >= 15 is 0 Å². The summed E-state index contributed by atoms with van der Waals surface area (Å²) in [5.74, 6) is -1.84. The highest BCUT2D eigenvalue weighted by Gasteiger charge is 2.73. The summed E-state index contributed by atoms with van der Waals surface area (Å²) in [4.78, 5) is 45.0. The highest BCUT2D eigenvalue weighted by atomic mass is 16.6. The van der Waals surface area contributed by atoms with Crippen molar-refractivity contribution in [1.82, 2.24) is 10.2 Å². The van der Waals surface area contributed by atoms with Crippen molar-refractivity contribution in [2.24, 2.45) is 22.6 Å². The molecule has 0 saturated carbocycles. The lowest BCUT2D eigenvalue weighted by Gasteiger charge is -2.39. The number of aliphatic imine (C=N–C) groups is 1. The maximum Gasteiger partial charge on any atom is 0.404 e. The van der Waals surface area contributed by atoms with Crippen molar-refractivity contribution in [1.29, 1.82) is 0 Å². The van der Waals surface area contributed by atoms with Gasteiger partial charge in [0.2, 0.25) is 5.78 Å². The van der Waals surface area contributed by atoms with Crippen LogP contribution in [0.15, 0.2) is 40.5 Å². The third-order valence-electron chi connectivity index (χ3n) is 6.79. The summed E-state index contributed by atoms with van der Waals surface area (Å²) < 4.78 is 11.1. The first kappa shape index (κ1) is 19.9. The van der Waals surface area contributed by atoms with Gasteiger partial charge in [-0.05, 0) is 31.5 Å². The summed E-state index contributed by atoms with van der Waals surface area (Å²) in [6, 6.07) is 7.53. The van der Waals surface area contributed by atoms with E-state index in [0.717, 1.165) is 5.56 Å². The molecule has 0 spiro atoms. The molecule has 3 N–H and O–H groups in total. The second kappa shape index (κ2) is 6.73. The van der Waals surface area contributed by atoms with Gasteiger partial charge in [-0.25, -0.2) is 9.79 Å². The van der Waals surface area contributed by atoms with Crippen molar-refractivity contribution in [2.45, 2.75) is 31.7 Å². The Balaban J connectivity index is 1.63. The molecule has 2 saturated heterocycles. The molecule has 9 heteroatoms.